The van der Waals surface area contributed by atoms with Gasteiger partial charge in [-0.1, -0.05) is 6.07 Å². The first-order valence-electron chi connectivity index (χ1n) is 6.38. The van der Waals surface area contributed by atoms with Gasteiger partial charge in [-0.05, 0) is 29.0 Å². The van der Waals surface area contributed by atoms with Crippen LogP contribution in [-0.4, -0.2) is 36.5 Å². The van der Waals surface area contributed by atoms with Gasteiger partial charge in [0.25, 0.3) is 0 Å². The molecule has 8 nitrogen and oxygen atoms in total. The lowest BCUT2D eigenvalue weighted by molar-refractivity contribution is 0.102. The molecule has 3 heterocycles. The number of carbonyl (C=O) groups is 1. The van der Waals surface area contributed by atoms with Gasteiger partial charge in [-0.2, -0.15) is 5.21 Å². The van der Waals surface area contributed by atoms with Crippen LogP contribution in [0, 0.1) is 0 Å². The van der Waals surface area contributed by atoms with Crippen LogP contribution in [0.15, 0.2) is 47.2 Å². The highest BCUT2D eigenvalue weighted by atomic mass is 16.3. The van der Waals surface area contributed by atoms with Crippen molar-refractivity contribution >= 4 is 11.5 Å². The number of aliphatic hydroxyl groups excluding tert-OH is 1. The average molecular weight is 297 g/mol. The van der Waals surface area contributed by atoms with Crippen LogP contribution in [0.3, 0.4) is 0 Å². The summed E-state index contributed by atoms with van der Waals surface area (Å²) >= 11 is 0. The number of hydrogen-bond donors (Lipinski definition) is 2. The Balaban J connectivity index is 1.73. The molecule has 0 aliphatic rings. The van der Waals surface area contributed by atoms with Crippen molar-refractivity contribution in [3.8, 4) is 0 Å². The molecule has 0 amide bonds. The summed E-state index contributed by atoms with van der Waals surface area (Å²) in [6.07, 6.45) is 4.72. The minimum Gasteiger partial charge on any atom is -0.504 e. The van der Waals surface area contributed by atoms with Gasteiger partial charge in [0.05, 0.1) is 6.26 Å². The Hall–Kier alpha value is -3.29. The van der Waals surface area contributed by atoms with E-state index in [1.54, 1.807) is 12.3 Å². The van der Waals surface area contributed by atoms with Crippen LogP contribution in [0.2, 0.25) is 0 Å². The molecule has 0 atom stereocenters. The number of aromatic amines is 1. The summed E-state index contributed by atoms with van der Waals surface area (Å²) in [5, 5.41) is 22.3. The molecule has 0 saturated carbocycles. The quantitative estimate of drug-likeness (QED) is 0.417. The summed E-state index contributed by atoms with van der Waals surface area (Å²) in [5.41, 5.74) is 1.68. The molecule has 0 radical (unpaired) electrons. The van der Waals surface area contributed by atoms with E-state index in [0.717, 1.165) is 17.3 Å². The molecule has 3 aromatic rings. The van der Waals surface area contributed by atoms with E-state index in [-0.39, 0.29) is 17.3 Å². The number of nitrogens with zero attached hydrogens (tertiary/aromatic N) is 4. The van der Waals surface area contributed by atoms with Crippen LogP contribution in [0.4, 0.5) is 0 Å². The first kappa shape index (κ1) is 13.7. The molecule has 0 spiro atoms. The minimum absolute atomic E-state index is 0.0615. The number of furan rings is 1. The smallest absolute Gasteiger partial charge is 0.239 e. The monoisotopic (exact) mass is 297 g/mol. The normalized spacial score (nSPS) is 11.5. The summed E-state index contributed by atoms with van der Waals surface area (Å²) in [5.74, 6) is -0.828. The molecule has 3 aromatic heterocycles. The van der Waals surface area contributed by atoms with Gasteiger partial charge in [-0.3, -0.25) is 9.78 Å². The van der Waals surface area contributed by atoms with Crippen molar-refractivity contribution < 1.29 is 14.3 Å². The van der Waals surface area contributed by atoms with E-state index in [9.17, 15) is 9.90 Å². The molecule has 22 heavy (non-hydrogen) atoms. The number of aliphatic hydroxyl groups is 1. The summed E-state index contributed by atoms with van der Waals surface area (Å²) < 4.78 is 5.22. The van der Waals surface area contributed by atoms with Crippen LogP contribution in [0.25, 0.3) is 5.76 Å². The van der Waals surface area contributed by atoms with Gasteiger partial charge >= 0.3 is 0 Å². The van der Waals surface area contributed by atoms with E-state index in [1.165, 1.54) is 6.26 Å². The lowest BCUT2D eigenvalue weighted by Crippen LogP contribution is -1.96. The lowest BCUT2D eigenvalue weighted by atomic mass is 10.1. The Kier molecular flexibility index (Phi) is 3.73. The first-order chi connectivity index (χ1) is 10.7. The number of hydrogen-bond acceptors (Lipinski definition) is 7. The first-order valence-corrected chi connectivity index (χ1v) is 6.38. The average Bonchev–Trinajstić information content (AvgIpc) is 3.19. The van der Waals surface area contributed by atoms with E-state index >= 15 is 0 Å². The molecule has 0 fully saturated rings. The number of aromatic nitrogens is 5. The number of nitrogens with one attached hydrogen (secondary N) is 1. The van der Waals surface area contributed by atoms with Gasteiger partial charge in [0, 0.05) is 24.4 Å². The molecule has 0 aromatic carbocycles. The number of tetrazole rings is 1. The number of H-pyrrole nitrogens is 1. The number of pyridine rings is 1. The highest BCUT2D eigenvalue weighted by Gasteiger charge is 2.13. The summed E-state index contributed by atoms with van der Waals surface area (Å²) in [6.45, 7) is 0. The predicted molar refractivity (Wildman–Crippen MR) is 74.9 cm³/mol. The maximum absolute atomic E-state index is 12.0. The molecular weight excluding hydrogens is 286 g/mol. The summed E-state index contributed by atoms with van der Waals surface area (Å²) in [6, 6.07) is 7.22. The van der Waals surface area contributed by atoms with Crippen molar-refractivity contribution in [2.24, 2.45) is 0 Å². The summed E-state index contributed by atoms with van der Waals surface area (Å²) in [4.78, 5) is 16.2. The maximum Gasteiger partial charge on any atom is 0.239 e. The fraction of sp³-hybridized carbons (Fsp3) is 0.0714. The molecule has 3 rings (SSSR count). The van der Waals surface area contributed by atoms with Gasteiger partial charge in [-0.25, -0.2) is 0 Å². The number of rotatable bonds is 5. The van der Waals surface area contributed by atoms with E-state index in [1.807, 2.05) is 18.2 Å². The van der Waals surface area contributed by atoms with Gasteiger partial charge in [0.1, 0.15) is 0 Å². The second-order valence-corrected chi connectivity index (χ2v) is 4.45. The van der Waals surface area contributed by atoms with E-state index < -0.39 is 5.78 Å². The topological polar surface area (TPSA) is 118 Å². The molecule has 0 aliphatic carbocycles. The third-order valence-corrected chi connectivity index (χ3v) is 2.85. The van der Waals surface area contributed by atoms with Gasteiger partial charge in [0.15, 0.2) is 11.5 Å². The van der Waals surface area contributed by atoms with Crippen LogP contribution < -0.4 is 0 Å². The van der Waals surface area contributed by atoms with Crippen molar-refractivity contribution in [2.75, 3.05) is 0 Å². The Morgan fingerprint density at radius 3 is 3.05 bits per heavy atom. The van der Waals surface area contributed by atoms with Gasteiger partial charge in [0.2, 0.25) is 11.6 Å². The fourth-order valence-electron chi connectivity index (χ4n) is 1.84. The second-order valence-electron chi connectivity index (χ2n) is 4.45. The zero-order valence-electron chi connectivity index (χ0n) is 11.3. The Labute approximate surface area is 124 Å². The largest absolute Gasteiger partial charge is 0.504 e. The molecule has 0 saturated heterocycles. The van der Waals surface area contributed by atoms with Crippen LogP contribution in [0.1, 0.15) is 27.6 Å². The van der Waals surface area contributed by atoms with E-state index in [0.29, 0.717) is 6.42 Å². The zero-order valence-corrected chi connectivity index (χ0v) is 11.3. The molecule has 110 valence electrons. The number of carbonyl (C=O) groups excluding carboxylic acids is 1. The van der Waals surface area contributed by atoms with Crippen molar-refractivity contribution in [1.29, 1.82) is 0 Å². The van der Waals surface area contributed by atoms with Crippen molar-refractivity contribution in [1.82, 2.24) is 25.6 Å². The number of ketones is 1. The molecule has 0 unspecified atom stereocenters. The second kappa shape index (κ2) is 6.00. The maximum atomic E-state index is 12.0. The molecular formula is C14H11N5O3. The number of allylic oxidation sites excluding steroid dienone is 1. The van der Waals surface area contributed by atoms with Crippen molar-refractivity contribution in [3.05, 3.63) is 65.6 Å². The van der Waals surface area contributed by atoms with Gasteiger partial charge in [-0.15, -0.1) is 10.2 Å². The Morgan fingerprint density at radius 1 is 1.41 bits per heavy atom. The standard InChI is InChI=1S/C14H11N5O3/c20-11(7-12(21)14-16-18-19-17-14)13-6-9(8-22-13)5-10-3-1-2-4-15-10/h1-4,6-8,21H,5H2,(H,16,17,18,19). The predicted octanol–water partition coefficient (Wildman–Crippen LogP) is 1.56. The van der Waals surface area contributed by atoms with Crippen molar-refractivity contribution in [3.63, 3.8) is 0 Å². The van der Waals surface area contributed by atoms with Gasteiger partial charge < -0.3 is 9.52 Å². The third-order valence-electron chi connectivity index (χ3n) is 2.85. The highest BCUT2D eigenvalue weighted by molar-refractivity contribution is 6.05. The Morgan fingerprint density at radius 2 is 2.32 bits per heavy atom. The van der Waals surface area contributed by atoms with E-state index in [2.05, 4.69) is 25.6 Å². The molecule has 0 bridgehead atoms. The fourth-order valence-corrected chi connectivity index (χ4v) is 1.84. The van der Waals surface area contributed by atoms with Crippen LogP contribution >= 0.6 is 0 Å². The minimum atomic E-state index is -0.491. The van der Waals surface area contributed by atoms with Crippen molar-refractivity contribution in [2.45, 2.75) is 6.42 Å². The van der Waals surface area contributed by atoms with E-state index in [4.69, 9.17) is 4.42 Å². The highest BCUT2D eigenvalue weighted by Crippen LogP contribution is 2.14. The lowest BCUT2D eigenvalue weighted by Gasteiger charge is -1.95. The van der Waals surface area contributed by atoms with Crippen LogP contribution in [0.5, 0.6) is 0 Å². The molecule has 2 N–H and O–H groups in total. The van der Waals surface area contributed by atoms with Crippen LogP contribution in [-0.2, 0) is 6.42 Å². The third kappa shape index (κ3) is 3.06. The molecule has 0 aliphatic heterocycles. The SMILES string of the molecule is O=C(C=C(O)c1nn[nH]n1)c1cc(Cc2ccccn2)co1. The summed E-state index contributed by atoms with van der Waals surface area (Å²) in [7, 11) is 0. The molecule has 8 heteroatoms. The zero-order chi connectivity index (χ0) is 15.4. The Bertz CT molecular complexity index is 793.